The number of hydrogen-bond acceptors (Lipinski definition) is 1. The second-order valence-electron chi connectivity index (χ2n) is 2.94. The van der Waals surface area contributed by atoms with E-state index in [1.807, 2.05) is 0 Å². The Kier molecular flexibility index (Phi) is 1.57. The second kappa shape index (κ2) is 2.06. The average molecular weight is 113 g/mol. The van der Waals surface area contributed by atoms with Crippen LogP contribution in [0.15, 0.2) is 0 Å². The zero-order valence-electron chi connectivity index (χ0n) is 6.02. The number of hydrogen-bond donors (Lipinski definition) is 0. The van der Waals surface area contributed by atoms with Gasteiger partial charge < -0.3 is 4.90 Å². The molecule has 1 nitrogen and oxygen atoms in total. The van der Waals surface area contributed by atoms with Crippen molar-refractivity contribution in [1.82, 2.24) is 4.90 Å². The van der Waals surface area contributed by atoms with Crippen LogP contribution in [0.3, 0.4) is 0 Å². The number of rotatable bonds is 0. The normalized spacial score (nSPS) is 40.9. The van der Waals surface area contributed by atoms with Crippen LogP contribution in [0.25, 0.3) is 0 Å². The molecule has 8 heavy (non-hydrogen) atoms. The van der Waals surface area contributed by atoms with Crippen molar-refractivity contribution in [3.05, 3.63) is 0 Å². The molecule has 1 rings (SSSR count). The predicted molar refractivity (Wildman–Crippen MR) is 35.9 cm³/mol. The fraction of sp³-hybridized carbons (Fsp3) is 1.00. The Morgan fingerprint density at radius 1 is 1.12 bits per heavy atom. The van der Waals surface area contributed by atoms with Crippen molar-refractivity contribution >= 4 is 0 Å². The highest BCUT2D eigenvalue weighted by atomic mass is 15.2. The molecule has 48 valence electrons. The molecule has 1 saturated heterocycles. The Morgan fingerprint density at radius 2 is 1.50 bits per heavy atom. The van der Waals surface area contributed by atoms with Crippen molar-refractivity contribution in [3.8, 4) is 0 Å². The molecule has 0 N–H and O–H groups in total. The molecule has 0 aromatic rings. The van der Waals surface area contributed by atoms with Gasteiger partial charge in [0, 0.05) is 12.1 Å². The summed E-state index contributed by atoms with van der Waals surface area (Å²) in [5.74, 6) is 0. The summed E-state index contributed by atoms with van der Waals surface area (Å²) in [5, 5.41) is 0. The number of likely N-dealkylation sites (tertiary alicyclic amines) is 1. The molecule has 0 amide bonds. The highest BCUT2D eigenvalue weighted by molar-refractivity contribution is 4.78. The molecule has 0 bridgehead atoms. The van der Waals surface area contributed by atoms with Gasteiger partial charge in [0.15, 0.2) is 0 Å². The Bertz CT molecular complexity index is 70.5. The van der Waals surface area contributed by atoms with Crippen LogP contribution in [-0.2, 0) is 0 Å². The molecule has 0 spiro atoms. The van der Waals surface area contributed by atoms with E-state index < -0.39 is 0 Å². The van der Waals surface area contributed by atoms with E-state index in [9.17, 15) is 0 Å². The van der Waals surface area contributed by atoms with Crippen LogP contribution in [0, 0.1) is 0 Å². The molecule has 0 aromatic carbocycles. The topological polar surface area (TPSA) is 3.24 Å². The van der Waals surface area contributed by atoms with Crippen LogP contribution >= 0.6 is 0 Å². The smallest absolute Gasteiger partial charge is 0.00672 e. The van der Waals surface area contributed by atoms with Gasteiger partial charge in [0.05, 0.1) is 0 Å². The van der Waals surface area contributed by atoms with Gasteiger partial charge in [-0.1, -0.05) is 0 Å². The Morgan fingerprint density at radius 3 is 1.62 bits per heavy atom. The van der Waals surface area contributed by atoms with Gasteiger partial charge in [-0.15, -0.1) is 0 Å². The molecule has 1 fully saturated rings. The summed E-state index contributed by atoms with van der Waals surface area (Å²) in [7, 11) is 2.21. The molecule has 1 unspecified atom stereocenters. The van der Waals surface area contributed by atoms with Crippen molar-refractivity contribution in [2.75, 3.05) is 7.05 Å². The van der Waals surface area contributed by atoms with E-state index in [-0.39, 0.29) is 0 Å². The van der Waals surface area contributed by atoms with Crippen molar-refractivity contribution in [2.45, 2.75) is 38.8 Å². The van der Waals surface area contributed by atoms with E-state index in [0.717, 1.165) is 12.1 Å². The fourth-order valence-electron chi connectivity index (χ4n) is 1.32. The lowest BCUT2D eigenvalue weighted by Gasteiger charge is -2.18. The zero-order chi connectivity index (χ0) is 6.15. The van der Waals surface area contributed by atoms with Gasteiger partial charge in [-0.3, -0.25) is 0 Å². The van der Waals surface area contributed by atoms with Gasteiger partial charge >= 0.3 is 0 Å². The molecule has 0 saturated carbocycles. The largest absolute Gasteiger partial charge is 0.301 e. The summed E-state index contributed by atoms with van der Waals surface area (Å²) in [5.41, 5.74) is 0. The summed E-state index contributed by atoms with van der Waals surface area (Å²) in [4.78, 5) is 2.44. The maximum Gasteiger partial charge on any atom is 0.00672 e. The first-order valence-electron chi connectivity index (χ1n) is 3.43. The molecule has 0 radical (unpaired) electrons. The minimum Gasteiger partial charge on any atom is -0.301 e. The lowest BCUT2D eigenvalue weighted by Crippen LogP contribution is -2.27. The third-order valence-corrected chi connectivity index (χ3v) is 2.39. The van der Waals surface area contributed by atoms with Crippen molar-refractivity contribution in [2.24, 2.45) is 0 Å². The van der Waals surface area contributed by atoms with Crippen LogP contribution in [0.4, 0.5) is 0 Å². The van der Waals surface area contributed by atoms with Crippen molar-refractivity contribution < 1.29 is 0 Å². The van der Waals surface area contributed by atoms with Gasteiger partial charge in [-0.05, 0) is 33.7 Å². The molecule has 0 aliphatic carbocycles. The summed E-state index contributed by atoms with van der Waals surface area (Å²) < 4.78 is 0. The SMILES string of the molecule is CC1CC[C@H](C)N1C. The minimum atomic E-state index is 0.824. The third-order valence-electron chi connectivity index (χ3n) is 2.39. The van der Waals surface area contributed by atoms with Crippen molar-refractivity contribution in [1.29, 1.82) is 0 Å². The van der Waals surface area contributed by atoms with Crippen LogP contribution in [0.1, 0.15) is 26.7 Å². The predicted octanol–water partition coefficient (Wildman–Crippen LogP) is 1.49. The summed E-state index contributed by atoms with van der Waals surface area (Å²) in [6.07, 6.45) is 2.77. The van der Waals surface area contributed by atoms with E-state index >= 15 is 0 Å². The molecule has 1 heterocycles. The molecule has 1 aliphatic rings. The van der Waals surface area contributed by atoms with Crippen LogP contribution in [0.2, 0.25) is 0 Å². The third kappa shape index (κ3) is 0.873. The minimum absolute atomic E-state index is 0.824. The average Bonchev–Trinajstić information content (AvgIpc) is 1.98. The standard InChI is InChI=1S/C7H15N/c1-6-4-5-7(2)8(6)3/h6-7H,4-5H2,1-3H3/t6-,7?/m0/s1. The first-order valence-corrected chi connectivity index (χ1v) is 3.43. The van der Waals surface area contributed by atoms with Crippen molar-refractivity contribution in [3.63, 3.8) is 0 Å². The Hall–Kier alpha value is -0.0400. The first kappa shape index (κ1) is 6.09. The quantitative estimate of drug-likeness (QED) is 0.460. The molecule has 0 aromatic heterocycles. The highest BCUT2D eigenvalue weighted by Crippen LogP contribution is 2.20. The van der Waals surface area contributed by atoms with E-state index in [1.165, 1.54) is 12.8 Å². The maximum absolute atomic E-state index is 2.44. The van der Waals surface area contributed by atoms with E-state index in [1.54, 1.807) is 0 Å². The summed E-state index contributed by atoms with van der Waals surface area (Å²) in [6, 6.07) is 1.65. The van der Waals surface area contributed by atoms with Crippen LogP contribution < -0.4 is 0 Å². The second-order valence-corrected chi connectivity index (χ2v) is 2.94. The Balaban J connectivity index is 2.44. The molecular formula is C7H15N. The lowest BCUT2D eigenvalue weighted by molar-refractivity contribution is 0.267. The molecule has 2 atom stereocenters. The van der Waals surface area contributed by atoms with E-state index in [2.05, 4.69) is 25.8 Å². The highest BCUT2D eigenvalue weighted by Gasteiger charge is 2.22. The number of nitrogens with zero attached hydrogens (tertiary/aromatic N) is 1. The van der Waals surface area contributed by atoms with Crippen LogP contribution in [-0.4, -0.2) is 24.0 Å². The van der Waals surface area contributed by atoms with Crippen LogP contribution in [0.5, 0.6) is 0 Å². The van der Waals surface area contributed by atoms with E-state index in [4.69, 9.17) is 0 Å². The summed E-state index contributed by atoms with van der Waals surface area (Å²) in [6.45, 7) is 4.59. The van der Waals surface area contributed by atoms with Gasteiger partial charge in [0.2, 0.25) is 0 Å². The molecule has 1 heteroatoms. The van der Waals surface area contributed by atoms with Gasteiger partial charge in [0.1, 0.15) is 0 Å². The fourth-order valence-corrected chi connectivity index (χ4v) is 1.32. The first-order chi connectivity index (χ1) is 3.72. The molecular weight excluding hydrogens is 98.1 g/mol. The lowest BCUT2D eigenvalue weighted by atomic mass is 10.2. The summed E-state index contributed by atoms with van der Waals surface area (Å²) >= 11 is 0. The zero-order valence-corrected chi connectivity index (χ0v) is 6.02. The van der Waals surface area contributed by atoms with Gasteiger partial charge in [-0.2, -0.15) is 0 Å². The van der Waals surface area contributed by atoms with E-state index in [0.29, 0.717) is 0 Å². The van der Waals surface area contributed by atoms with Gasteiger partial charge in [-0.25, -0.2) is 0 Å². The monoisotopic (exact) mass is 113 g/mol. The van der Waals surface area contributed by atoms with Gasteiger partial charge in [0.25, 0.3) is 0 Å². The Labute approximate surface area is 51.7 Å². The molecule has 1 aliphatic heterocycles. The maximum atomic E-state index is 2.44.